The van der Waals surface area contributed by atoms with Crippen molar-refractivity contribution in [2.24, 2.45) is 0 Å². The van der Waals surface area contributed by atoms with E-state index in [1.807, 2.05) is 6.07 Å². The molecule has 0 bridgehead atoms. The van der Waals surface area contributed by atoms with E-state index in [1.54, 1.807) is 0 Å². The molecule has 0 aliphatic carbocycles. The van der Waals surface area contributed by atoms with Gasteiger partial charge in [-0.25, -0.2) is 0 Å². The molecule has 0 fully saturated rings. The highest BCUT2D eigenvalue weighted by atomic mass is 16.5. The molecule has 5 heteroatoms. The van der Waals surface area contributed by atoms with Gasteiger partial charge in [0, 0.05) is 25.9 Å². The summed E-state index contributed by atoms with van der Waals surface area (Å²) in [6, 6.07) is 2.05. The largest absolute Gasteiger partial charge is 0.343 e. The average Bonchev–Trinajstić information content (AvgIpc) is 2.57. The number of nitrogens with zero attached hydrogens (tertiary/aromatic N) is 3. The highest BCUT2D eigenvalue weighted by Gasteiger charge is 1.95. The summed E-state index contributed by atoms with van der Waals surface area (Å²) >= 11 is 0. The number of nitriles is 1. The number of hydrogen-bond acceptors (Lipinski definition) is 5. The molecule has 0 radical (unpaired) electrons. The molecule has 5 nitrogen and oxygen atoms in total. The molecule has 0 aromatic carbocycles. The van der Waals surface area contributed by atoms with E-state index in [0.29, 0.717) is 18.8 Å². The van der Waals surface area contributed by atoms with Crippen LogP contribution in [0.1, 0.15) is 12.2 Å². The smallest absolute Gasteiger partial charge is 0.213 e. The van der Waals surface area contributed by atoms with Gasteiger partial charge >= 0.3 is 0 Å². The molecule has 1 N–H and O–H groups in total. The quantitative estimate of drug-likeness (QED) is 0.628. The third-order valence-corrected chi connectivity index (χ3v) is 1.35. The molecule has 1 rings (SSSR count). The SMILES string of the molecule is N#CCCNCCc1ncon1. The van der Waals surface area contributed by atoms with Crippen LogP contribution in [0.2, 0.25) is 0 Å². The van der Waals surface area contributed by atoms with Gasteiger partial charge in [0.1, 0.15) is 0 Å². The standard InChI is InChI=1S/C7H10N4O/c8-3-1-4-9-5-2-7-10-6-12-11-7/h6,9H,1-2,4-5H2. The minimum atomic E-state index is 0.534. The lowest BCUT2D eigenvalue weighted by Gasteiger charge is -1.96. The lowest BCUT2D eigenvalue weighted by atomic mass is 10.4. The first-order valence-corrected chi connectivity index (χ1v) is 3.76. The first-order valence-electron chi connectivity index (χ1n) is 3.76. The lowest BCUT2D eigenvalue weighted by Crippen LogP contribution is -2.18. The summed E-state index contributed by atoms with van der Waals surface area (Å²) in [5.74, 6) is 0.694. The van der Waals surface area contributed by atoms with Crippen molar-refractivity contribution in [3.05, 3.63) is 12.2 Å². The van der Waals surface area contributed by atoms with Gasteiger partial charge in [-0.15, -0.1) is 0 Å². The number of rotatable bonds is 5. The van der Waals surface area contributed by atoms with Crippen LogP contribution >= 0.6 is 0 Å². The van der Waals surface area contributed by atoms with Crippen LogP contribution < -0.4 is 5.32 Å². The molecule has 0 saturated heterocycles. The minimum absolute atomic E-state index is 0.534. The van der Waals surface area contributed by atoms with Crippen LogP contribution in [0.3, 0.4) is 0 Å². The minimum Gasteiger partial charge on any atom is -0.343 e. The molecule has 0 aliphatic heterocycles. The lowest BCUT2D eigenvalue weighted by molar-refractivity contribution is 0.409. The molecule has 0 spiro atoms. The summed E-state index contributed by atoms with van der Waals surface area (Å²) in [4.78, 5) is 3.85. The van der Waals surface area contributed by atoms with E-state index < -0.39 is 0 Å². The maximum absolute atomic E-state index is 8.22. The van der Waals surface area contributed by atoms with Gasteiger partial charge in [-0.05, 0) is 0 Å². The monoisotopic (exact) mass is 166 g/mol. The van der Waals surface area contributed by atoms with Crippen molar-refractivity contribution >= 4 is 0 Å². The van der Waals surface area contributed by atoms with Crippen LogP contribution in [-0.4, -0.2) is 23.2 Å². The molecule has 1 aromatic heterocycles. The molecule has 1 heterocycles. The van der Waals surface area contributed by atoms with Gasteiger partial charge in [0.25, 0.3) is 0 Å². The van der Waals surface area contributed by atoms with Gasteiger partial charge in [0.15, 0.2) is 5.82 Å². The number of nitrogens with one attached hydrogen (secondary N) is 1. The molecule has 0 unspecified atom stereocenters. The zero-order valence-electron chi connectivity index (χ0n) is 6.66. The van der Waals surface area contributed by atoms with E-state index in [0.717, 1.165) is 13.0 Å². The number of aromatic nitrogens is 2. The highest BCUT2D eigenvalue weighted by Crippen LogP contribution is 1.87. The van der Waals surface area contributed by atoms with E-state index in [2.05, 4.69) is 20.0 Å². The van der Waals surface area contributed by atoms with E-state index in [9.17, 15) is 0 Å². The molecule has 64 valence electrons. The van der Waals surface area contributed by atoms with Crippen molar-refractivity contribution in [2.45, 2.75) is 12.8 Å². The Bertz CT molecular complexity index is 238. The summed E-state index contributed by atoms with van der Waals surface area (Å²) in [5, 5.41) is 14.9. The second-order valence-electron chi connectivity index (χ2n) is 2.26. The molecule has 0 aliphatic rings. The molecule has 0 saturated carbocycles. The Morgan fingerprint density at radius 2 is 2.50 bits per heavy atom. The van der Waals surface area contributed by atoms with Crippen molar-refractivity contribution in [3.8, 4) is 6.07 Å². The van der Waals surface area contributed by atoms with Crippen molar-refractivity contribution in [1.82, 2.24) is 15.5 Å². The Morgan fingerprint density at radius 1 is 1.58 bits per heavy atom. The van der Waals surface area contributed by atoms with Crippen LogP contribution in [0, 0.1) is 11.3 Å². The van der Waals surface area contributed by atoms with Gasteiger partial charge in [0.05, 0.1) is 6.07 Å². The predicted molar refractivity (Wildman–Crippen MR) is 41.1 cm³/mol. The van der Waals surface area contributed by atoms with Crippen LogP contribution in [0.25, 0.3) is 0 Å². The van der Waals surface area contributed by atoms with E-state index >= 15 is 0 Å². The molecular weight excluding hydrogens is 156 g/mol. The van der Waals surface area contributed by atoms with Crippen molar-refractivity contribution in [2.75, 3.05) is 13.1 Å². The maximum Gasteiger partial charge on any atom is 0.213 e. The zero-order chi connectivity index (χ0) is 8.65. The van der Waals surface area contributed by atoms with Gasteiger partial charge < -0.3 is 9.84 Å². The zero-order valence-corrected chi connectivity index (χ0v) is 6.66. The first kappa shape index (κ1) is 8.68. The Labute approximate surface area is 70.4 Å². The summed E-state index contributed by atoms with van der Waals surface area (Å²) < 4.78 is 4.55. The summed E-state index contributed by atoms with van der Waals surface area (Å²) in [6.45, 7) is 1.50. The molecule has 1 aromatic rings. The molecule has 0 amide bonds. The van der Waals surface area contributed by atoms with Crippen molar-refractivity contribution in [1.29, 1.82) is 5.26 Å². The fourth-order valence-corrected chi connectivity index (χ4v) is 0.772. The average molecular weight is 166 g/mol. The third kappa shape index (κ3) is 3.12. The molecular formula is C7H10N4O. The normalized spacial score (nSPS) is 9.58. The van der Waals surface area contributed by atoms with Crippen molar-refractivity contribution < 1.29 is 4.52 Å². The summed E-state index contributed by atoms with van der Waals surface area (Å²) in [5.41, 5.74) is 0. The highest BCUT2D eigenvalue weighted by molar-refractivity contribution is 4.79. The third-order valence-electron chi connectivity index (χ3n) is 1.35. The number of hydrogen-bond donors (Lipinski definition) is 1. The van der Waals surface area contributed by atoms with Crippen molar-refractivity contribution in [3.63, 3.8) is 0 Å². The van der Waals surface area contributed by atoms with E-state index in [1.165, 1.54) is 6.39 Å². The predicted octanol–water partition coefficient (Wildman–Crippen LogP) is 0.115. The Kier molecular flexibility index (Phi) is 3.81. The van der Waals surface area contributed by atoms with Crippen LogP contribution in [0.5, 0.6) is 0 Å². The first-order chi connectivity index (χ1) is 5.93. The molecule has 0 atom stereocenters. The second kappa shape index (κ2) is 5.27. The van der Waals surface area contributed by atoms with Gasteiger partial charge in [0.2, 0.25) is 6.39 Å². The van der Waals surface area contributed by atoms with Gasteiger partial charge in [-0.2, -0.15) is 10.2 Å². The maximum atomic E-state index is 8.22. The van der Waals surface area contributed by atoms with E-state index in [-0.39, 0.29) is 0 Å². The summed E-state index contributed by atoms with van der Waals surface area (Å²) in [6.07, 6.45) is 2.58. The van der Waals surface area contributed by atoms with Gasteiger partial charge in [-0.1, -0.05) is 5.16 Å². The van der Waals surface area contributed by atoms with Crippen LogP contribution in [0.4, 0.5) is 0 Å². The summed E-state index contributed by atoms with van der Waals surface area (Å²) in [7, 11) is 0. The molecule has 12 heavy (non-hydrogen) atoms. The topological polar surface area (TPSA) is 74.7 Å². The fraction of sp³-hybridized carbons (Fsp3) is 0.571. The van der Waals surface area contributed by atoms with Gasteiger partial charge in [-0.3, -0.25) is 0 Å². The van der Waals surface area contributed by atoms with Crippen LogP contribution in [0.15, 0.2) is 10.9 Å². The Balaban J connectivity index is 2.01. The van der Waals surface area contributed by atoms with Crippen LogP contribution in [-0.2, 0) is 6.42 Å². The van der Waals surface area contributed by atoms with E-state index in [4.69, 9.17) is 5.26 Å². The Morgan fingerprint density at radius 3 is 3.17 bits per heavy atom. The second-order valence-corrected chi connectivity index (χ2v) is 2.26. The Hall–Kier alpha value is -1.41. The fourth-order valence-electron chi connectivity index (χ4n) is 0.772.